The first kappa shape index (κ1) is 16.2. The highest BCUT2D eigenvalue weighted by atomic mass is 35.5. The highest BCUT2D eigenvalue weighted by Gasteiger charge is 2.12. The van der Waals surface area contributed by atoms with E-state index >= 15 is 0 Å². The Labute approximate surface area is 112 Å². The van der Waals surface area contributed by atoms with Gasteiger partial charge in [-0.1, -0.05) is 0 Å². The van der Waals surface area contributed by atoms with E-state index in [0.717, 1.165) is 38.4 Å². The van der Waals surface area contributed by atoms with E-state index in [4.69, 9.17) is 5.73 Å². The molecule has 1 aromatic rings. The Bertz CT molecular complexity index is 351. The molecule has 4 N–H and O–H groups in total. The van der Waals surface area contributed by atoms with Gasteiger partial charge in [-0.25, -0.2) is 0 Å². The lowest BCUT2D eigenvalue weighted by Crippen LogP contribution is -2.42. The van der Waals surface area contributed by atoms with Crippen LogP contribution in [0.4, 0.5) is 0 Å². The first-order valence-electron chi connectivity index (χ1n) is 5.03. The molecular formula is C9H17Cl2N5O. The summed E-state index contributed by atoms with van der Waals surface area (Å²) in [5.41, 5.74) is 6.36. The van der Waals surface area contributed by atoms with Crippen molar-refractivity contribution in [3.63, 3.8) is 0 Å². The van der Waals surface area contributed by atoms with Gasteiger partial charge in [-0.3, -0.25) is 14.8 Å². The van der Waals surface area contributed by atoms with E-state index in [-0.39, 0.29) is 24.8 Å². The molecule has 0 spiro atoms. The van der Waals surface area contributed by atoms with Gasteiger partial charge in [0.15, 0.2) is 0 Å². The summed E-state index contributed by atoms with van der Waals surface area (Å²) >= 11 is 0. The molecule has 1 fully saturated rings. The van der Waals surface area contributed by atoms with Crippen LogP contribution in [-0.2, 0) is 6.54 Å². The number of carbonyl (C=O) groups is 1. The zero-order valence-electron chi connectivity index (χ0n) is 9.31. The van der Waals surface area contributed by atoms with Crippen molar-refractivity contribution in [1.82, 2.24) is 20.4 Å². The van der Waals surface area contributed by atoms with Crippen molar-refractivity contribution in [2.24, 2.45) is 5.73 Å². The molecular weight excluding hydrogens is 265 g/mol. The molecule has 0 atom stereocenters. The van der Waals surface area contributed by atoms with Crippen LogP contribution < -0.4 is 11.1 Å². The molecule has 0 saturated carbocycles. The molecule has 1 saturated heterocycles. The molecule has 98 valence electrons. The Hall–Kier alpha value is -0.820. The molecule has 1 amide bonds. The molecule has 1 aliphatic heterocycles. The van der Waals surface area contributed by atoms with Crippen molar-refractivity contribution < 1.29 is 4.79 Å². The van der Waals surface area contributed by atoms with Gasteiger partial charge in [0, 0.05) is 32.7 Å². The summed E-state index contributed by atoms with van der Waals surface area (Å²) < 4.78 is 0. The second-order valence-electron chi connectivity index (χ2n) is 3.67. The Kier molecular flexibility index (Phi) is 7.13. The number of H-pyrrole nitrogens is 1. The van der Waals surface area contributed by atoms with Crippen LogP contribution in [0.15, 0.2) is 6.07 Å². The third-order valence-corrected chi connectivity index (χ3v) is 2.49. The van der Waals surface area contributed by atoms with E-state index in [1.807, 2.05) is 0 Å². The number of amides is 1. The number of nitrogens with two attached hydrogens (primary N) is 1. The average molecular weight is 282 g/mol. The average Bonchev–Trinajstić information content (AvgIpc) is 2.68. The van der Waals surface area contributed by atoms with Crippen molar-refractivity contribution in [2.75, 3.05) is 26.2 Å². The number of aromatic amines is 1. The van der Waals surface area contributed by atoms with Crippen LogP contribution in [0.25, 0.3) is 0 Å². The number of primary amides is 1. The second kappa shape index (κ2) is 7.50. The highest BCUT2D eigenvalue weighted by Crippen LogP contribution is 2.04. The van der Waals surface area contributed by atoms with Crippen molar-refractivity contribution >= 4 is 30.7 Å². The first-order valence-corrected chi connectivity index (χ1v) is 5.03. The van der Waals surface area contributed by atoms with Gasteiger partial charge in [0.05, 0.1) is 5.69 Å². The van der Waals surface area contributed by atoms with Crippen LogP contribution in [0.1, 0.15) is 16.2 Å². The smallest absolute Gasteiger partial charge is 0.269 e. The quantitative estimate of drug-likeness (QED) is 0.714. The highest BCUT2D eigenvalue weighted by molar-refractivity contribution is 5.90. The number of nitrogens with one attached hydrogen (secondary N) is 2. The van der Waals surface area contributed by atoms with E-state index in [9.17, 15) is 4.79 Å². The van der Waals surface area contributed by atoms with Gasteiger partial charge >= 0.3 is 0 Å². The number of aromatic nitrogens is 2. The van der Waals surface area contributed by atoms with E-state index in [1.54, 1.807) is 6.07 Å². The van der Waals surface area contributed by atoms with E-state index in [1.165, 1.54) is 0 Å². The summed E-state index contributed by atoms with van der Waals surface area (Å²) in [4.78, 5) is 13.1. The third kappa shape index (κ3) is 4.51. The molecule has 1 aliphatic rings. The summed E-state index contributed by atoms with van der Waals surface area (Å²) in [5.74, 6) is -0.488. The number of hydrogen-bond acceptors (Lipinski definition) is 4. The topological polar surface area (TPSA) is 87.0 Å². The first-order chi connectivity index (χ1) is 7.25. The minimum atomic E-state index is -0.488. The standard InChI is InChI=1S/C9H15N5O.2ClH/c10-9(15)8-5-7(12-13-8)6-14-3-1-11-2-4-14;;/h5,11H,1-4,6H2,(H2,10,15)(H,12,13);2*1H. The number of nitrogens with zero attached hydrogens (tertiary/aromatic N) is 2. The van der Waals surface area contributed by atoms with Crippen molar-refractivity contribution in [1.29, 1.82) is 0 Å². The van der Waals surface area contributed by atoms with E-state index in [2.05, 4.69) is 20.4 Å². The number of piperazine rings is 1. The van der Waals surface area contributed by atoms with Gasteiger partial charge in [0.2, 0.25) is 0 Å². The molecule has 0 unspecified atom stereocenters. The molecule has 6 nitrogen and oxygen atoms in total. The Morgan fingerprint density at radius 2 is 2.06 bits per heavy atom. The molecule has 17 heavy (non-hydrogen) atoms. The fraction of sp³-hybridized carbons (Fsp3) is 0.556. The van der Waals surface area contributed by atoms with Gasteiger partial charge in [-0.2, -0.15) is 5.10 Å². The Morgan fingerprint density at radius 3 is 2.59 bits per heavy atom. The Morgan fingerprint density at radius 1 is 1.41 bits per heavy atom. The maximum atomic E-state index is 10.8. The normalized spacial score (nSPS) is 15.8. The lowest BCUT2D eigenvalue weighted by Gasteiger charge is -2.26. The SMILES string of the molecule is Cl.Cl.NC(=O)c1cc(CN2CCNCC2)[nH]n1. The lowest BCUT2D eigenvalue weighted by molar-refractivity contribution is 0.0995. The van der Waals surface area contributed by atoms with Crippen molar-refractivity contribution in [3.05, 3.63) is 17.5 Å². The molecule has 0 radical (unpaired) electrons. The maximum Gasteiger partial charge on any atom is 0.269 e. The molecule has 8 heteroatoms. The zero-order chi connectivity index (χ0) is 10.7. The monoisotopic (exact) mass is 281 g/mol. The summed E-state index contributed by atoms with van der Waals surface area (Å²) in [5, 5.41) is 9.94. The molecule has 2 rings (SSSR count). The fourth-order valence-corrected chi connectivity index (χ4v) is 1.68. The summed E-state index contributed by atoms with van der Waals surface area (Å²) in [6.07, 6.45) is 0. The summed E-state index contributed by atoms with van der Waals surface area (Å²) in [7, 11) is 0. The van der Waals surface area contributed by atoms with Crippen molar-refractivity contribution in [2.45, 2.75) is 6.54 Å². The van der Waals surface area contributed by atoms with Crippen LogP contribution >= 0.6 is 24.8 Å². The minimum Gasteiger partial charge on any atom is -0.364 e. The van der Waals surface area contributed by atoms with Crippen LogP contribution in [0.5, 0.6) is 0 Å². The molecule has 0 aliphatic carbocycles. The molecule has 1 aromatic heterocycles. The summed E-state index contributed by atoms with van der Waals surface area (Å²) in [6, 6.07) is 1.71. The van der Waals surface area contributed by atoms with Gasteiger partial charge in [0.1, 0.15) is 5.69 Å². The summed E-state index contributed by atoms with van der Waals surface area (Å²) in [6.45, 7) is 4.85. The number of rotatable bonds is 3. The number of hydrogen-bond donors (Lipinski definition) is 3. The largest absolute Gasteiger partial charge is 0.364 e. The van der Waals surface area contributed by atoms with Gasteiger partial charge in [-0.15, -0.1) is 24.8 Å². The van der Waals surface area contributed by atoms with Gasteiger partial charge in [-0.05, 0) is 6.07 Å². The van der Waals surface area contributed by atoms with Crippen LogP contribution in [0.3, 0.4) is 0 Å². The van der Waals surface area contributed by atoms with E-state index in [0.29, 0.717) is 5.69 Å². The predicted molar refractivity (Wildman–Crippen MR) is 69.7 cm³/mol. The number of halogens is 2. The van der Waals surface area contributed by atoms with Gasteiger partial charge < -0.3 is 11.1 Å². The lowest BCUT2D eigenvalue weighted by atomic mass is 10.3. The van der Waals surface area contributed by atoms with Gasteiger partial charge in [0.25, 0.3) is 5.91 Å². The molecule has 0 aromatic carbocycles. The van der Waals surface area contributed by atoms with E-state index < -0.39 is 5.91 Å². The number of carbonyl (C=O) groups excluding carboxylic acids is 1. The fourth-order valence-electron chi connectivity index (χ4n) is 1.68. The molecule has 0 bridgehead atoms. The predicted octanol–water partition coefficient (Wildman–Crippen LogP) is -0.243. The van der Waals surface area contributed by atoms with Crippen LogP contribution in [-0.4, -0.2) is 47.2 Å². The Balaban J connectivity index is 0.00000128. The van der Waals surface area contributed by atoms with Crippen LogP contribution in [0, 0.1) is 0 Å². The zero-order valence-corrected chi connectivity index (χ0v) is 10.9. The second-order valence-corrected chi connectivity index (χ2v) is 3.67. The third-order valence-electron chi connectivity index (χ3n) is 2.49. The van der Waals surface area contributed by atoms with Crippen molar-refractivity contribution in [3.8, 4) is 0 Å². The minimum absolute atomic E-state index is 0. The maximum absolute atomic E-state index is 10.8. The molecule has 2 heterocycles. The van der Waals surface area contributed by atoms with Crippen LogP contribution in [0.2, 0.25) is 0 Å².